The Morgan fingerprint density at radius 1 is 0.176 bits per heavy atom. The van der Waals surface area contributed by atoms with E-state index in [4.69, 9.17) is 4.98 Å². The maximum absolute atomic E-state index is 4.71. The molecule has 11 aromatic carbocycles. The van der Waals surface area contributed by atoms with Crippen LogP contribution in [0.25, 0.3) is 122 Å². The fraction of sp³-hybridized carbons (Fsp3) is 0. The molecule has 0 saturated carbocycles. The Balaban J connectivity index is 1.21. The number of benzene rings is 11. The van der Waals surface area contributed by atoms with E-state index in [1.54, 1.807) is 0 Å². The van der Waals surface area contributed by atoms with Gasteiger partial charge in [0.25, 0.3) is 0 Å². The second kappa shape index (κ2) is 17.8. The first-order valence-electron chi connectivity index (χ1n) is 23.4. The minimum atomic E-state index is 0.962. The van der Waals surface area contributed by atoms with Gasteiger partial charge in [-0.05, 0) is 135 Å². The van der Waals surface area contributed by atoms with E-state index >= 15 is 0 Å². The highest BCUT2D eigenvalue weighted by molar-refractivity contribution is 6.22. The van der Waals surface area contributed by atoms with Gasteiger partial charge in [0.2, 0.25) is 0 Å². The van der Waals surface area contributed by atoms with Gasteiger partial charge in [0.05, 0.1) is 5.69 Å². The molecule has 0 saturated heterocycles. The molecule has 0 atom stereocenters. The van der Waals surface area contributed by atoms with Crippen molar-refractivity contribution in [3.63, 3.8) is 0 Å². The Labute approximate surface area is 398 Å². The van der Waals surface area contributed by atoms with Crippen molar-refractivity contribution in [2.24, 2.45) is 0 Å². The predicted octanol–water partition coefficient (Wildman–Crippen LogP) is 18.4. The van der Waals surface area contributed by atoms with E-state index < -0.39 is 0 Å². The van der Waals surface area contributed by atoms with Crippen LogP contribution in [-0.2, 0) is 0 Å². The van der Waals surface area contributed by atoms with Gasteiger partial charge in [-0.15, -0.1) is 0 Å². The predicted molar refractivity (Wildman–Crippen MR) is 288 cm³/mol. The molecule has 1 aromatic heterocycles. The molecule has 0 aliphatic heterocycles. The van der Waals surface area contributed by atoms with Gasteiger partial charge in [0.15, 0.2) is 0 Å². The smallest absolute Gasteiger partial charge is 0.0702 e. The van der Waals surface area contributed by atoms with Crippen LogP contribution in [0.15, 0.2) is 273 Å². The summed E-state index contributed by atoms with van der Waals surface area (Å²) in [5, 5.41) is 4.85. The van der Waals surface area contributed by atoms with Gasteiger partial charge in [0.1, 0.15) is 0 Å². The van der Waals surface area contributed by atoms with Crippen LogP contribution >= 0.6 is 0 Å². The van der Waals surface area contributed by atoms with Gasteiger partial charge in [-0.1, -0.05) is 243 Å². The van der Waals surface area contributed by atoms with Crippen molar-refractivity contribution in [2.45, 2.75) is 0 Å². The zero-order valence-electron chi connectivity index (χ0n) is 37.4. The van der Waals surface area contributed by atoms with Crippen molar-refractivity contribution in [3.05, 3.63) is 273 Å². The molecule has 12 rings (SSSR count). The van der Waals surface area contributed by atoms with Gasteiger partial charge in [-0.3, -0.25) is 4.98 Å². The summed E-state index contributed by atoms with van der Waals surface area (Å²) in [6.45, 7) is 0. The average molecular weight is 864 g/mol. The summed E-state index contributed by atoms with van der Waals surface area (Å²) in [4.78, 5) is 4.71. The minimum Gasteiger partial charge on any atom is -0.256 e. The average Bonchev–Trinajstić information content (AvgIpc) is 3.43. The molecule has 0 bridgehead atoms. The van der Waals surface area contributed by atoms with E-state index in [2.05, 4.69) is 261 Å². The summed E-state index contributed by atoms with van der Waals surface area (Å²) in [7, 11) is 0. The number of hydrogen-bond donors (Lipinski definition) is 0. The van der Waals surface area contributed by atoms with E-state index in [-0.39, 0.29) is 0 Å². The minimum absolute atomic E-state index is 0.962. The molecule has 1 heterocycles. The molecule has 318 valence electrons. The molecule has 68 heavy (non-hydrogen) atoms. The lowest BCUT2D eigenvalue weighted by Crippen LogP contribution is -2.02. The molecule has 0 spiro atoms. The fourth-order valence-corrected chi connectivity index (χ4v) is 10.5. The summed E-state index contributed by atoms with van der Waals surface area (Å²) < 4.78 is 0. The molecule has 0 aliphatic carbocycles. The number of fused-ring (bicyclic) bond motifs is 2. The van der Waals surface area contributed by atoms with Crippen LogP contribution in [0.1, 0.15) is 0 Å². The second-order valence-electron chi connectivity index (χ2n) is 17.3. The van der Waals surface area contributed by atoms with Crippen LogP contribution in [0.5, 0.6) is 0 Å². The Bertz CT molecular complexity index is 3570. The Kier molecular flexibility index (Phi) is 10.6. The largest absolute Gasteiger partial charge is 0.256 e. The van der Waals surface area contributed by atoms with Gasteiger partial charge in [-0.25, -0.2) is 0 Å². The molecule has 0 N–H and O–H groups in total. The van der Waals surface area contributed by atoms with Gasteiger partial charge in [0, 0.05) is 11.8 Å². The second-order valence-corrected chi connectivity index (χ2v) is 17.3. The van der Waals surface area contributed by atoms with Crippen molar-refractivity contribution in [3.8, 4) is 100 Å². The number of aromatic nitrogens is 1. The summed E-state index contributed by atoms with van der Waals surface area (Å²) in [5.41, 5.74) is 21.0. The third-order valence-corrected chi connectivity index (χ3v) is 13.3. The van der Waals surface area contributed by atoms with Crippen LogP contribution in [0.2, 0.25) is 0 Å². The normalized spacial score (nSPS) is 11.2. The van der Waals surface area contributed by atoms with E-state index in [1.165, 1.54) is 88.3 Å². The molecule has 12 aromatic rings. The molecule has 0 radical (unpaired) electrons. The van der Waals surface area contributed by atoms with E-state index in [0.717, 1.165) is 33.5 Å². The van der Waals surface area contributed by atoms with Crippen LogP contribution < -0.4 is 0 Å². The third-order valence-electron chi connectivity index (χ3n) is 13.3. The SMILES string of the molecule is c1ccc(-c2c(-c3ccccc3)c(-c3ccccc3)c(-c3cccc(-c4c5ccccc5c(-c5cccc(-c6ccccn6)c5)c5ccccc45)c3)c(-c3ccccc3)c2-c2ccccc2)cc1. The lowest BCUT2D eigenvalue weighted by Gasteiger charge is -2.29. The van der Waals surface area contributed by atoms with E-state index in [0.29, 0.717) is 0 Å². The summed E-state index contributed by atoms with van der Waals surface area (Å²) in [6.07, 6.45) is 1.87. The number of nitrogens with zero attached hydrogens (tertiary/aromatic N) is 1. The van der Waals surface area contributed by atoms with Crippen LogP contribution in [0, 0.1) is 0 Å². The Morgan fingerprint density at radius 2 is 0.426 bits per heavy atom. The maximum Gasteiger partial charge on any atom is 0.0702 e. The quantitative estimate of drug-likeness (QED) is 0.132. The van der Waals surface area contributed by atoms with E-state index in [9.17, 15) is 0 Å². The zero-order chi connectivity index (χ0) is 45.2. The van der Waals surface area contributed by atoms with Gasteiger partial charge < -0.3 is 0 Å². The lowest BCUT2D eigenvalue weighted by atomic mass is 9.74. The molecule has 0 aliphatic rings. The van der Waals surface area contributed by atoms with Gasteiger partial charge >= 0.3 is 0 Å². The summed E-state index contributed by atoms with van der Waals surface area (Å²) >= 11 is 0. The molecular weight excluding hydrogens is 819 g/mol. The van der Waals surface area contributed by atoms with Crippen molar-refractivity contribution in [1.82, 2.24) is 4.98 Å². The Morgan fingerprint density at radius 3 is 0.750 bits per heavy atom. The molecular formula is C67H45N. The first kappa shape index (κ1) is 40.6. The molecule has 0 amide bonds. The highest BCUT2D eigenvalue weighted by atomic mass is 14.7. The number of rotatable bonds is 9. The van der Waals surface area contributed by atoms with Crippen molar-refractivity contribution >= 4 is 21.5 Å². The molecule has 1 nitrogen and oxygen atoms in total. The first-order valence-corrected chi connectivity index (χ1v) is 23.4. The summed E-state index contributed by atoms with van der Waals surface area (Å²) in [6, 6.07) is 97.2. The summed E-state index contributed by atoms with van der Waals surface area (Å²) in [5.74, 6) is 0. The van der Waals surface area contributed by atoms with Crippen LogP contribution in [0.4, 0.5) is 0 Å². The number of pyridine rings is 1. The monoisotopic (exact) mass is 863 g/mol. The molecule has 0 unspecified atom stereocenters. The highest BCUT2D eigenvalue weighted by Crippen LogP contribution is 2.56. The highest BCUT2D eigenvalue weighted by Gasteiger charge is 2.29. The third kappa shape index (κ3) is 7.28. The lowest BCUT2D eigenvalue weighted by molar-refractivity contribution is 1.33. The van der Waals surface area contributed by atoms with Gasteiger partial charge in [-0.2, -0.15) is 0 Å². The molecule has 1 heteroatoms. The van der Waals surface area contributed by atoms with Crippen molar-refractivity contribution < 1.29 is 0 Å². The topological polar surface area (TPSA) is 12.9 Å². The number of hydrogen-bond acceptors (Lipinski definition) is 1. The maximum atomic E-state index is 4.71. The molecule has 0 fully saturated rings. The van der Waals surface area contributed by atoms with Crippen LogP contribution in [0.3, 0.4) is 0 Å². The van der Waals surface area contributed by atoms with Crippen molar-refractivity contribution in [1.29, 1.82) is 0 Å². The first-order chi connectivity index (χ1) is 33.8. The zero-order valence-corrected chi connectivity index (χ0v) is 37.4. The Hall–Kier alpha value is -8.91. The fourth-order valence-electron chi connectivity index (χ4n) is 10.5. The van der Waals surface area contributed by atoms with Crippen molar-refractivity contribution in [2.75, 3.05) is 0 Å². The standard InChI is InChI=1S/C67H45N/c1-6-24-46(25-7-1)62-63(47-26-8-2-9-27-47)65(49-30-12-4-13-31-49)67(66(50-32-14-5-15-33-50)64(62)48-28-10-3-11-29-48)54-37-23-36-53(45-54)61-57-40-18-16-38-55(57)60(56-39-17-19-41-58(56)61)52-35-22-34-51(44-52)59-42-20-21-43-68-59/h1-45H. The van der Waals surface area contributed by atoms with E-state index in [1.807, 2.05) is 12.3 Å². The van der Waals surface area contributed by atoms with Crippen LogP contribution in [-0.4, -0.2) is 4.98 Å².